The van der Waals surface area contributed by atoms with Crippen molar-refractivity contribution >= 4 is 40.1 Å². The van der Waals surface area contributed by atoms with Crippen LogP contribution in [0.25, 0.3) is 10.9 Å². The fraction of sp³-hybridized carbons (Fsp3) is 0.423. The maximum atomic E-state index is 6.41. The number of methoxy groups -OCH3 is 1. The molecular weight excluding hydrogens is 466 g/mol. The van der Waals surface area contributed by atoms with E-state index in [1.165, 1.54) is 26.7 Å². The van der Waals surface area contributed by atoms with Crippen molar-refractivity contribution in [2.45, 2.75) is 57.2 Å². The third kappa shape index (κ3) is 6.20. The van der Waals surface area contributed by atoms with Crippen LogP contribution in [-0.4, -0.2) is 34.4 Å². The predicted octanol–water partition coefficient (Wildman–Crippen LogP) is 5.89. The number of amidine groups is 1. The van der Waals surface area contributed by atoms with Crippen LogP contribution in [0.1, 0.15) is 45.9 Å². The lowest BCUT2D eigenvalue weighted by Crippen LogP contribution is -2.37. The number of ether oxygens (including phenoxy) is 1. The average Bonchev–Trinajstić information content (AvgIpc) is 2.99. The molecule has 0 saturated heterocycles. The minimum Gasteiger partial charge on any atom is -0.497 e. The number of thioether (sulfide) groups is 1. The maximum absolute atomic E-state index is 6.41. The van der Waals surface area contributed by atoms with Gasteiger partial charge in [-0.1, -0.05) is 58.4 Å². The highest BCUT2D eigenvalue weighted by molar-refractivity contribution is 8.00. The quantitative estimate of drug-likeness (QED) is 0.132. The van der Waals surface area contributed by atoms with E-state index in [4.69, 9.17) is 27.9 Å². The van der Waals surface area contributed by atoms with Gasteiger partial charge in [-0.3, -0.25) is 0 Å². The van der Waals surface area contributed by atoms with Crippen LogP contribution in [0.3, 0.4) is 0 Å². The van der Waals surface area contributed by atoms with Gasteiger partial charge in [-0.2, -0.15) is 0 Å². The van der Waals surface area contributed by atoms with Crippen molar-refractivity contribution in [3.05, 3.63) is 58.7 Å². The summed E-state index contributed by atoms with van der Waals surface area (Å²) < 4.78 is 7.97. The summed E-state index contributed by atoms with van der Waals surface area (Å²) in [6.45, 7) is 11.6. The molecular formula is C26H36ClN5OS. The zero-order valence-corrected chi connectivity index (χ0v) is 22.7. The van der Waals surface area contributed by atoms with E-state index in [-0.39, 0.29) is 4.75 Å². The molecule has 3 rings (SSSR count). The second-order valence-corrected chi connectivity index (χ2v) is 12.5. The van der Waals surface area contributed by atoms with Crippen LogP contribution in [0, 0.1) is 5.41 Å². The Morgan fingerprint density at radius 2 is 1.76 bits per heavy atom. The molecule has 0 spiro atoms. The van der Waals surface area contributed by atoms with Gasteiger partial charge < -0.3 is 15.0 Å². The number of aromatic nitrogens is 1. The molecule has 184 valence electrons. The third-order valence-electron chi connectivity index (χ3n) is 5.56. The molecule has 0 amide bonds. The minimum absolute atomic E-state index is 0.0124. The van der Waals surface area contributed by atoms with Gasteiger partial charge in [0.1, 0.15) is 11.6 Å². The molecule has 2 aromatic carbocycles. The van der Waals surface area contributed by atoms with Gasteiger partial charge in [0.15, 0.2) is 0 Å². The molecule has 1 aromatic heterocycles. The van der Waals surface area contributed by atoms with Crippen LogP contribution in [0.4, 0.5) is 0 Å². The predicted molar refractivity (Wildman–Crippen MR) is 146 cm³/mol. The summed E-state index contributed by atoms with van der Waals surface area (Å²) in [4.78, 5) is 1.23. The molecule has 1 heterocycles. The highest BCUT2D eigenvalue weighted by Gasteiger charge is 2.31. The Bertz CT molecular complexity index is 1180. The number of hydrogen-bond acceptors (Lipinski definition) is 5. The zero-order chi connectivity index (χ0) is 25.3. The number of hydrazone groups is 1. The molecule has 0 atom stereocenters. The van der Waals surface area contributed by atoms with Crippen molar-refractivity contribution in [3.8, 4) is 5.75 Å². The summed E-state index contributed by atoms with van der Waals surface area (Å²) in [5.41, 5.74) is 9.53. The summed E-state index contributed by atoms with van der Waals surface area (Å²) in [5.74, 6) is 7.09. The molecule has 6 nitrogen and oxygen atoms in total. The van der Waals surface area contributed by atoms with Crippen molar-refractivity contribution in [1.29, 1.82) is 0 Å². The van der Waals surface area contributed by atoms with Gasteiger partial charge >= 0.3 is 0 Å². The third-order valence-corrected chi connectivity index (χ3v) is 7.08. The molecule has 0 bridgehead atoms. The Hall–Kier alpha value is -2.35. The van der Waals surface area contributed by atoms with Crippen molar-refractivity contribution in [1.82, 2.24) is 9.69 Å². The SMILES string of the molecule is COc1ccc2c(c1)c(SC(C)(C)C)c(CC(C)(C)/C(N)=N/N(C)N)n2Cc1ccc(Cl)cc1. The van der Waals surface area contributed by atoms with Gasteiger partial charge in [-0.05, 0) is 35.9 Å². The molecule has 3 aromatic rings. The van der Waals surface area contributed by atoms with E-state index in [1.807, 2.05) is 30.0 Å². The summed E-state index contributed by atoms with van der Waals surface area (Å²) in [6, 6.07) is 14.3. The van der Waals surface area contributed by atoms with Gasteiger partial charge in [0.25, 0.3) is 0 Å². The van der Waals surface area contributed by atoms with Gasteiger partial charge in [-0.15, -0.1) is 16.9 Å². The summed E-state index contributed by atoms with van der Waals surface area (Å²) >= 11 is 8.01. The lowest BCUT2D eigenvalue weighted by Gasteiger charge is -2.27. The molecule has 0 aliphatic carbocycles. The number of hydrazine groups is 1. The van der Waals surface area contributed by atoms with E-state index < -0.39 is 5.41 Å². The number of nitrogens with two attached hydrogens (primary N) is 2. The topological polar surface area (TPSA) is 81.8 Å². The molecule has 4 N–H and O–H groups in total. The lowest BCUT2D eigenvalue weighted by molar-refractivity contribution is 0.358. The van der Waals surface area contributed by atoms with E-state index in [9.17, 15) is 0 Å². The van der Waals surface area contributed by atoms with E-state index in [1.54, 1.807) is 14.2 Å². The van der Waals surface area contributed by atoms with Crippen molar-refractivity contribution in [2.24, 2.45) is 22.1 Å². The second kappa shape index (κ2) is 10.1. The zero-order valence-electron chi connectivity index (χ0n) is 21.1. The highest BCUT2D eigenvalue weighted by Crippen LogP contribution is 2.44. The molecule has 0 fully saturated rings. The summed E-state index contributed by atoms with van der Waals surface area (Å²) in [7, 11) is 3.38. The Morgan fingerprint density at radius 3 is 2.32 bits per heavy atom. The summed E-state index contributed by atoms with van der Waals surface area (Å²) in [5, 5.41) is 7.47. The average molecular weight is 502 g/mol. The monoisotopic (exact) mass is 501 g/mol. The number of rotatable bonds is 8. The van der Waals surface area contributed by atoms with E-state index in [2.05, 4.69) is 68.6 Å². The fourth-order valence-corrected chi connectivity index (χ4v) is 5.16. The highest BCUT2D eigenvalue weighted by atomic mass is 35.5. The van der Waals surface area contributed by atoms with Crippen LogP contribution < -0.4 is 16.3 Å². The van der Waals surface area contributed by atoms with Crippen LogP contribution in [0.5, 0.6) is 5.75 Å². The largest absolute Gasteiger partial charge is 0.497 e. The minimum atomic E-state index is -0.420. The summed E-state index contributed by atoms with van der Waals surface area (Å²) in [6.07, 6.45) is 0.694. The van der Waals surface area contributed by atoms with Crippen LogP contribution in [0.2, 0.25) is 5.02 Å². The van der Waals surface area contributed by atoms with Crippen molar-refractivity contribution in [2.75, 3.05) is 14.2 Å². The van der Waals surface area contributed by atoms with Crippen molar-refractivity contribution in [3.63, 3.8) is 0 Å². The molecule has 0 saturated carbocycles. The molecule has 34 heavy (non-hydrogen) atoms. The van der Waals surface area contributed by atoms with Gasteiger partial charge in [0.2, 0.25) is 0 Å². The standard InChI is InChI=1S/C26H36ClN5OS/c1-25(2,3)34-23-20-14-19(33-7)12-13-21(20)32(16-17-8-10-18(27)11-9-17)22(23)15-26(4,5)24(28)30-31(6)29/h8-14H,15-16,29H2,1-7H3,(H2,28,30). The van der Waals surface area contributed by atoms with E-state index in [0.29, 0.717) is 18.8 Å². The number of benzene rings is 2. The molecule has 0 radical (unpaired) electrons. The second-order valence-electron chi connectivity index (χ2n) is 10.2. The van der Waals surface area contributed by atoms with Gasteiger partial charge in [0.05, 0.1) is 7.11 Å². The molecule has 0 unspecified atom stereocenters. The first kappa shape index (κ1) is 26.3. The Labute approximate surface area is 212 Å². The van der Waals surface area contributed by atoms with E-state index in [0.717, 1.165) is 16.3 Å². The van der Waals surface area contributed by atoms with Crippen LogP contribution >= 0.6 is 23.4 Å². The maximum Gasteiger partial charge on any atom is 0.127 e. The Morgan fingerprint density at radius 1 is 1.12 bits per heavy atom. The van der Waals surface area contributed by atoms with Crippen LogP contribution in [-0.2, 0) is 13.0 Å². The van der Waals surface area contributed by atoms with Crippen molar-refractivity contribution < 1.29 is 4.74 Å². The van der Waals surface area contributed by atoms with Gasteiger partial charge in [-0.25, -0.2) is 11.0 Å². The molecule has 0 aliphatic rings. The van der Waals surface area contributed by atoms with Crippen LogP contribution in [0.15, 0.2) is 52.5 Å². The Kier molecular flexibility index (Phi) is 7.80. The lowest BCUT2D eigenvalue weighted by atomic mass is 9.86. The van der Waals surface area contributed by atoms with E-state index >= 15 is 0 Å². The smallest absolute Gasteiger partial charge is 0.127 e. The normalized spacial score (nSPS) is 12.9. The Balaban J connectivity index is 2.26. The number of halogens is 1. The fourth-order valence-electron chi connectivity index (χ4n) is 3.85. The molecule has 0 aliphatic heterocycles. The number of hydrogen-bond donors (Lipinski definition) is 2. The molecule has 8 heteroatoms. The number of fused-ring (bicyclic) bond motifs is 1. The van der Waals surface area contributed by atoms with Gasteiger partial charge in [0, 0.05) is 56.7 Å². The number of nitrogens with zero attached hydrogens (tertiary/aromatic N) is 3. The first-order chi connectivity index (χ1) is 15.8. The first-order valence-corrected chi connectivity index (χ1v) is 12.5. The first-order valence-electron chi connectivity index (χ1n) is 11.3.